The SMILES string of the molecule is CCCNC(=O)NC(=O)C[NH+]1CCN(S(=O)(=O)c2ccccc2Cl)CC1. The maximum absolute atomic E-state index is 12.7. The molecule has 0 aromatic heterocycles. The van der Waals surface area contributed by atoms with Gasteiger partial charge in [-0.25, -0.2) is 13.2 Å². The van der Waals surface area contributed by atoms with Crippen molar-refractivity contribution in [3.8, 4) is 0 Å². The van der Waals surface area contributed by atoms with Crippen molar-refractivity contribution in [1.82, 2.24) is 14.9 Å². The molecular weight excluding hydrogens is 380 g/mol. The molecule has 3 N–H and O–H groups in total. The summed E-state index contributed by atoms with van der Waals surface area (Å²) in [6.45, 7) is 4.09. The second-order valence-electron chi connectivity index (χ2n) is 6.07. The normalized spacial score (nSPS) is 16.2. The summed E-state index contributed by atoms with van der Waals surface area (Å²) in [5.41, 5.74) is 0. The van der Waals surface area contributed by atoms with Crippen LogP contribution in [0.15, 0.2) is 29.2 Å². The lowest BCUT2D eigenvalue weighted by molar-refractivity contribution is -0.895. The maximum atomic E-state index is 12.7. The van der Waals surface area contributed by atoms with Crippen LogP contribution in [-0.4, -0.2) is 63.9 Å². The molecule has 0 spiro atoms. The first-order chi connectivity index (χ1) is 12.3. The second kappa shape index (κ2) is 9.31. The molecule has 0 atom stereocenters. The zero-order valence-electron chi connectivity index (χ0n) is 14.6. The third-order valence-corrected chi connectivity index (χ3v) is 6.48. The van der Waals surface area contributed by atoms with Crippen LogP contribution in [0.4, 0.5) is 4.79 Å². The quantitative estimate of drug-likeness (QED) is 0.594. The summed E-state index contributed by atoms with van der Waals surface area (Å²) in [7, 11) is -3.65. The van der Waals surface area contributed by atoms with E-state index in [9.17, 15) is 18.0 Å². The molecule has 1 aliphatic rings. The van der Waals surface area contributed by atoms with Gasteiger partial charge in [0.15, 0.2) is 6.54 Å². The number of urea groups is 1. The average molecular weight is 404 g/mol. The van der Waals surface area contributed by atoms with Gasteiger partial charge >= 0.3 is 6.03 Å². The number of hydrogen-bond donors (Lipinski definition) is 3. The predicted octanol–water partition coefficient (Wildman–Crippen LogP) is -0.535. The monoisotopic (exact) mass is 403 g/mol. The van der Waals surface area contributed by atoms with Crippen LogP contribution in [0.1, 0.15) is 13.3 Å². The topological polar surface area (TPSA) is 100 Å². The van der Waals surface area contributed by atoms with E-state index in [1.54, 1.807) is 18.2 Å². The molecule has 1 aliphatic heterocycles. The Morgan fingerprint density at radius 2 is 1.88 bits per heavy atom. The van der Waals surface area contributed by atoms with Gasteiger partial charge in [-0.05, 0) is 18.6 Å². The number of amides is 3. The van der Waals surface area contributed by atoms with Crippen LogP contribution in [0.5, 0.6) is 0 Å². The molecule has 1 aromatic carbocycles. The molecule has 0 aliphatic carbocycles. The second-order valence-corrected chi connectivity index (χ2v) is 8.38. The molecule has 8 nitrogen and oxygen atoms in total. The number of carbonyl (C=O) groups is 2. The Hall–Kier alpha value is -1.68. The summed E-state index contributed by atoms with van der Waals surface area (Å²) in [4.78, 5) is 24.4. The van der Waals surface area contributed by atoms with Crippen molar-refractivity contribution < 1.29 is 22.9 Å². The number of benzene rings is 1. The molecule has 144 valence electrons. The molecule has 26 heavy (non-hydrogen) atoms. The summed E-state index contributed by atoms with van der Waals surface area (Å²) in [6, 6.07) is 5.84. The lowest BCUT2D eigenvalue weighted by Gasteiger charge is -2.31. The van der Waals surface area contributed by atoms with Crippen LogP contribution in [0.2, 0.25) is 5.02 Å². The van der Waals surface area contributed by atoms with Crippen LogP contribution in [0, 0.1) is 0 Å². The number of rotatable bonds is 6. The number of quaternary nitrogens is 1. The third-order valence-electron chi connectivity index (χ3n) is 4.08. The van der Waals surface area contributed by atoms with E-state index in [-0.39, 0.29) is 35.5 Å². The van der Waals surface area contributed by atoms with E-state index in [2.05, 4.69) is 10.6 Å². The summed E-state index contributed by atoms with van der Waals surface area (Å²) >= 11 is 6.01. The minimum atomic E-state index is -3.65. The van der Waals surface area contributed by atoms with E-state index < -0.39 is 16.1 Å². The van der Waals surface area contributed by atoms with E-state index in [4.69, 9.17) is 11.6 Å². The Labute approximate surface area is 158 Å². The molecule has 1 fully saturated rings. The van der Waals surface area contributed by atoms with Crippen molar-refractivity contribution in [2.24, 2.45) is 0 Å². The molecule has 1 heterocycles. The molecule has 0 saturated carbocycles. The zero-order chi connectivity index (χ0) is 19.2. The van der Waals surface area contributed by atoms with Crippen LogP contribution in [-0.2, 0) is 14.8 Å². The number of carbonyl (C=O) groups excluding carboxylic acids is 2. The number of imide groups is 1. The highest BCUT2D eigenvalue weighted by molar-refractivity contribution is 7.89. The Kier molecular flexibility index (Phi) is 7.39. The molecule has 3 amide bonds. The fourth-order valence-corrected chi connectivity index (χ4v) is 4.63. The van der Waals surface area contributed by atoms with Gasteiger partial charge < -0.3 is 10.2 Å². The highest BCUT2D eigenvalue weighted by Crippen LogP contribution is 2.23. The molecule has 1 saturated heterocycles. The largest absolute Gasteiger partial charge is 0.338 e. The maximum Gasteiger partial charge on any atom is 0.321 e. The van der Waals surface area contributed by atoms with E-state index in [0.29, 0.717) is 19.6 Å². The van der Waals surface area contributed by atoms with Gasteiger partial charge in [0, 0.05) is 6.54 Å². The van der Waals surface area contributed by atoms with Gasteiger partial charge in [-0.15, -0.1) is 0 Å². The van der Waals surface area contributed by atoms with E-state index >= 15 is 0 Å². The fourth-order valence-electron chi connectivity index (χ4n) is 2.69. The molecule has 0 unspecified atom stereocenters. The lowest BCUT2D eigenvalue weighted by Crippen LogP contribution is -3.15. The molecule has 10 heteroatoms. The first kappa shape index (κ1) is 20.6. The van der Waals surface area contributed by atoms with Crippen LogP contribution in [0.25, 0.3) is 0 Å². The summed E-state index contributed by atoms with van der Waals surface area (Å²) < 4.78 is 26.7. The van der Waals surface area contributed by atoms with Crippen LogP contribution in [0.3, 0.4) is 0 Å². The van der Waals surface area contributed by atoms with Gasteiger partial charge in [0.25, 0.3) is 5.91 Å². The Morgan fingerprint density at radius 3 is 2.50 bits per heavy atom. The molecular formula is C16H24ClN4O4S+. The van der Waals surface area contributed by atoms with E-state index in [1.165, 1.54) is 10.4 Å². The molecule has 0 bridgehead atoms. The average Bonchev–Trinajstić information content (AvgIpc) is 2.60. The molecule has 2 rings (SSSR count). The van der Waals surface area contributed by atoms with Crippen molar-refractivity contribution in [3.63, 3.8) is 0 Å². The van der Waals surface area contributed by atoms with E-state index in [0.717, 1.165) is 11.3 Å². The smallest absolute Gasteiger partial charge is 0.321 e. The number of nitrogens with zero attached hydrogens (tertiary/aromatic N) is 1. The summed E-state index contributed by atoms with van der Waals surface area (Å²) in [5, 5.41) is 5.04. The van der Waals surface area contributed by atoms with E-state index in [1.807, 2.05) is 6.92 Å². The van der Waals surface area contributed by atoms with Crippen molar-refractivity contribution in [2.45, 2.75) is 18.2 Å². The summed E-state index contributed by atoms with van der Waals surface area (Å²) in [5.74, 6) is -0.379. The van der Waals surface area contributed by atoms with Gasteiger partial charge in [-0.1, -0.05) is 30.7 Å². The molecule has 1 aromatic rings. The van der Waals surface area contributed by atoms with Crippen LogP contribution < -0.4 is 15.5 Å². The fraction of sp³-hybridized carbons (Fsp3) is 0.500. The lowest BCUT2D eigenvalue weighted by atomic mass is 10.3. The van der Waals surface area contributed by atoms with Crippen molar-refractivity contribution in [3.05, 3.63) is 29.3 Å². The van der Waals surface area contributed by atoms with Crippen molar-refractivity contribution in [2.75, 3.05) is 39.3 Å². The van der Waals surface area contributed by atoms with Gasteiger partial charge in [0.05, 0.1) is 31.2 Å². The van der Waals surface area contributed by atoms with Gasteiger partial charge in [0.1, 0.15) is 4.90 Å². The Balaban J connectivity index is 1.86. The minimum absolute atomic E-state index is 0.0930. The number of nitrogens with one attached hydrogen (secondary N) is 3. The number of sulfonamides is 1. The standard InChI is InChI=1S/C16H23ClN4O4S/c1-2-7-18-16(23)19-15(22)12-20-8-10-21(11-9-20)26(24,25)14-6-4-3-5-13(14)17/h3-6H,2,7-12H2,1H3,(H2,18,19,22,23)/p+1. The zero-order valence-corrected chi connectivity index (χ0v) is 16.2. The van der Waals surface area contributed by atoms with Crippen molar-refractivity contribution in [1.29, 1.82) is 0 Å². The Bertz CT molecular complexity index is 748. The third kappa shape index (κ3) is 5.41. The van der Waals surface area contributed by atoms with Crippen LogP contribution >= 0.6 is 11.6 Å². The highest BCUT2D eigenvalue weighted by Gasteiger charge is 2.32. The number of hydrogen-bond acceptors (Lipinski definition) is 4. The first-order valence-electron chi connectivity index (χ1n) is 8.50. The van der Waals surface area contributed by atoms with Gasteiger partial charge in [0.2, 0.25) is 10.0 Å². The van der Waals surface area contributed by atoms with Gasteiger partial charge in [-0.2, -0.15) is 4.31 Å². The Morgan fingerprint density at radius 1 is 1.23 bits per heavy atom. The number of halogens is 1. The predicted molar refractivity (Wildman–Crippen MR) is 97.6 cm³/mol. The molecule has 0 radical (unpaired) electrons. The minimum Gasteiger partial charge on any atom is -0.338 e. The number of piperazine rings is 1. The summed E-state index contributed by atoms with van der Waals surface area (Å²) in [6.07, 6.45) is 0.786. The highest BCUT2D eigenvalue weighted by atomic mass is 35.5. The first-order valence-corrected chi connectivity index (χ1v) is 10.3. The van der Waals surface area contributed by atoms with Crippen molar-refractivity contribution >= 4 is 33.6 Å². The van der Waals surface area contributed by atoms with Gasteiger partial charge in [-0.3, -0.25) is 10.1 Å².